The molecule has 5 N–H and O–H groups in total. The first-order chi connectivity index (χ1) is 7.63. The van der Waals surface area contributed by atoms with Crippen LogP contribution in [0.2, 0.25) is 0 Å². The maximum atomic E-state index is 10.5. The van der Waals surface area contributed by atoms with Gasteiger partial charge in [0, 0.05) is 0 Å². The maximum Gasteiger partial charge on any atom is 1.00 e. The first-order valence-electron chi connectivity index (χ1n) is 4.28. The fourth-order valence-corrected chi connectivity index (χ4v) is 1.71. The molecule has 0 saturated carbocycles. The smallest absolute Gasteiger partial charge is 0.547 e. The predicted octanol–water partition coefficient (Wildman–Crippen LogP) is -7.34. The van der Waals surface area contributed by atoms with E-state index < -0.39 is 44.5 Å². The van der Waals surface area contributed by atoms with Crippen LogP contribution in [-0.2, 0) is 18.6 Å². The summed E-state index contributed by atoms with van der Waals surface area (Å²) in [5.41, 5.74) is 0. The second-order valence-electron chi connectivity index (χ2n) is 3.31. The number of ether oxygens (including phenoxy) is 1. The van der Waals surface area contributed by atoms with Crippen molar-refractivity contribution in [3.8, 4) is 0 Å². The first kappa shape index (κ1) is 18.4. The summed E-state index contributed by atoms with van der Waals surface area (Å²) in [7, 11) is -5.07. The summed E-state index contributed by atoms with van der Waals surface area (Å²) in [4.78, 5) is 27.4. The van der Waals surface area contributed by atoms with Gasteiger partial charge in [0.05, 0.1) is 5.97 Å². The van der Waals surface area contributed by atoms with E-state index in [0.29, 0.717) is 0 Å². The van der Waals surface area contributed by atoms with Crippen molar-refractivity contribution in [1.29, 1.82) is 0 Å². The number of aliphatic carboxylic acids is 1. The molecular weight excluding hydrogens is 286 g/mol. The van der Waals surface area contributed by atoms with Crippen molar-refractivity contribution >= 4 is 13.8 Å². The summed E-state index contributed by atoms with van der Waals surface area (Å²) < 4.78 is 18.8. The van der Waals surface area contributed by atoms with Crippen molar-refractivity contribution in [2.45, 2.75) is 30.7 Å². The number of phosphoric acid groups is 1. The van der Waals surface area contributed by atoms with E-state index in [0.717, 1.165) is 0 Å². The number of hydrogen-bond acceptors (Lipinski definition) is 8. The van der Waals surface area contributed by atoms with E-state index in [2.05, 4.69) is 9.26 Å². The van der Waals surface area contributed by atoms with Crippen molar-refractivity contribution in [2.75, 3.05) is 0 Å². The summed E-state index contributed by atoms with van der Waals surface area (Å²) in [6, 6.07) is 0. The van der Waals surface area contributed by atoms with E-state index in [1.807, 2.05) is 0 Å². The Morgan fingerprint density at radius 1 is 1.17 bits per heavy atom. The third-order valence-corrected chi connectivity index (χ3v) is 2.53. The van der Waals surface area contributed by atoms with Gasteiger partial charge in [-0.3, -0.25) is 4.52 Å². The summed E-state index contributed by atoms with van der Waals surface area (Å²) >= 11 is 0. The monoisotopic (exact) mass is 296 g/mol. The van der Waals surface area contributed by atoms with E-state index in [1.165, 1.54) is 0 Å². The molecule has 12 heteroatoms. The van der Waals surface area contributed by atoms with Crippen LogP contribution in [-0.4, -0.2) is 61.8 Å². The van der Waals surface area contributed by atoms with Crippen LogP contribution in [0.15, 0.2) is 0 Å². The molecule has 0 aromatic rings. The van der Waals surface area contributed by atoms with Crippen molar-refractivity contribution < 1.29 is 78.4 Å². The minimum Gasteiger partial charge on any atom is -0.547 e. The molecule has 0 unspecified atom stereocenters. The number of rotatable bonds is 3. The Labute approximate surface area is 123 Å². The van der Waals surface area contributed by atoms with Crippen LogP contribution >= 0.6 is 7.82 Å². The van der Waals surface area contributed by atoms with Crippen LogP contribution in [0, 0.1) is 0 Å². The van der Waals surface area contributed by atoms with Crippen LogP contribution in [0.4, 0.5) is 0 Å². The van der Waals surface area contributed by atoms with E-state index in [9.17, 15) is 29.8 Å². The second kappa shape index (κ2) is 6.73. The number of carbonyl (C=O) groups is 1. The van der Waals surface area contributed by atoms with Gasteiger partial charge < -0.3 is 39.7 Å². The van der Waals surface area contributed by atoms with Gasteiger partial charge in [0.2, 0.25) is 0 Å². The Morgan fingerprint density at radius 3 is 2.06 bits per heavy atom. The molecule has 10 nitrogen and oxygen atoms in total. The van der Waals surface area contributed by atoms with E-state index in [-0.39, 0.29) is 29.6 Å². The van der Waals surface area contributed by atoms with Crippen molar-refractivity contribution in [3.05, 3.63) is 0 Å². The molecule has 0 amide bonds. The van der Waals surface area contributed by atoms with Crippen LogP contribution < -0.4 is 34.7 Å². The average molecular weight is 296 g/mol. The molecule has 0 radical (unpaired) electrons. The minimum atomic E-state index is -5.07. The zero-order chi connectivity index (χ0) is 13.4. The molecule has 1 fully saturated rings. The van der Waals surface area contributed by atoms with Gasteiger partial charge >= 0.3 is 37.4 Å². The predicted molar refractivity (Wildman–Crippen MR) is 44.8 cm³/mol. The fourth-order valence-electron chi connectivity index (χ4n) is 1.27. The van der Waals surface area contributed by atoms with Crippen LogP contribution in [0.5, 0.6) is 0 Å². The van der Waals surface area contributed by atoms with Crippen molar-refractivity contribution in [2.24, 2.45) is 0 Å². The number of aliphatic hydroxyl groups excluding tert-OH is 3. The summed E-state index contributed by atoms with van der Waals surface area (Å²) in [6.07, 6.45) is -10.2. The second-order valence-corrected chi connectivity index (χ2v) is 4.50. The minimum absolute atomic E-state index is 0. The van der Waals surface area contributed by atoms with E-state index in [4.69, 9.17) is 9.79 Å². The summed E-state index contributed by atoms with van der Waals surface area (Å²) in [6.45, 7) is 0. The zero-order valence-electron chi connectivity index (χ0n) is 9.11. The van der Waals surface area contributed by atoms with Crippen LogP contribution in [0.1, 0.15) is 0 Å². The van der Waals surface area contributed by atoms with Gasteiger partial charge in [-0.1, -0.05) is 0 Å². The Balaban J connectivity index is 0.00000289. The SMILES string of the molecule is O=C([O-])[C@H]1O[C@H](OP(=O)(O)O)[C@H](O)[C@@H](O)[C@@H]1O.[Na+]. The molecule has 1 rings (SSSR count). The van der Waals surface area contributed by atoms with Gasteiger partial charge in [-0.05, 0) is 0 Å². The molecule has 0 aromatic heterocycles. The standard InChI is InChI=1S/C6H11O10P.Na/c7-1-2(8)4(5(10)11)15-6(3(1)9)16-17(12,13)14;/h1-4,6-9H,(H,10,11)(H2,12,13,14);/q;+1/p-1/t1-,2-,3+,4-,6+;/m0./s1. The third-order valence-electron chi connectivity index (χ3n) is 2.04. The van der Waals surface area contributed by atoms with Crippen LogP contribution in [0.3, 0.4) is 0 Å². The fraction of sp³-hybridized carbons (Fsp3) is 0.833. The average Bonchev–Trinajstić information content (AvgIpc) is 2.16. The molecule has 0 aromatic carbocycles. The van der Waals surface area contributed by atoms with Crippen molar-refractivity contribution in [3.63, 3.8) is 0 Å². The normalized spacial score (nSPS) is 36.8. The maximum absolute atomic E-state index is 10.5. The molecule has 100 valence electrons. The molecular formula is C6H10NaO10P. The zero-order valence-corrected chi connectivity index (χ0v) is 12.0. The van der Waals surface area contributed by atoms with Gasteiger partial charge in [0.1, 0.15) is 24.4 Å². The van der Waals surface area contributed by atoms with Gasteiger partial charge in [0.25, 0.3) is 0 Å². The topological polar surface area (TPSA) is 177 Å². The molecule has 0 aliphatic carbocycles. The van der Waals surface area contributed by atoms with Crippen LogP contribution in [0.25, 0.3) is 0 Å². The number of hydrogen-bond donors (Lipinski definition) is 5. The van der Waals surface area contributed by atoms with Gasteiger partial charge in [-0.2, -0.15) is 0 Å². The van der Waals surface area contributed by atoms with Gasteiger partial charge in [0.15, 0.2) is 6.29 Å². The summed E-state index contributed by atoms with van der Waals surface area (Å²) in [5, 5.41) is 38.2. The molecule has 0 bridgehead atoms. The third kappa shape index (κ3) is 4.51. The quantitative estimate of drug-likeness (QED) is 0.248. The van der Waals surface area contributed by atoms with E-state index in [1.54, 1.807) is 0 Å². The number of aliphatic hydroxyl groups is 3. The Bertz CT molecular complexity index is 343. The largest absolute Gasteiger partial charge is 1.00 e. The number of carboxylic acids is 1. The molecule has 1 aliphatic heterocycles. The van der Waals surface area contributed by atoms with Gasteiger partial charge in [-0.25, -0.2) is 4.57 Å². The van der Waals surface area contributed by atoms with Crippen molar-refractivity contribution in [1.82, 2.24) is 0 Å². The number of phosphoric ester groups is 1. The molecule has 0 spiro atoms. The molecule has 1 saturated heterocycles. The number of carboxylic acid groups (broad SMARTS) is 1. The molecule has 1 aliphatic rings. The Morgan fingerprint density at radius 2 is 1.67 bits per heavy atom. The Hall–Kier alpha value is 0.420. The van der Waals surface area contributed by atoms with E-state index >= 15 is 0 Å². The summed E-state index contributed by atoms with van der Waals surface area (Å²) in [5.74, 6) is -1.93. The molecule has 18 heavy (non-hydrogen) atoms. The Kier molecular flexibility index (Phi) is 6.89. The number of carbonyl (C=O) groups excluding carboxylic acids is 1. The molecule has 1 heterocycles. The first-order valence-corrected chi connectivity index (χ1v) is 5.81. The van der Waals surface area contributed by atoms with Gasteiger partial charge in [-0.15, -0.1) is 0 Å². The molecule has 5 atom stereocenters.